The zero-order chi connectivity index (χ0) is 14.7. The van der Waals surface area contributed by atoms with Crippen LogP contribution >= 0.6 is 11.6 Å². The van der Waals surface area contributed by atoms with Crippen LogP contribution in [0.25, 0.3) is 11.1 Å². The van der Waals surface area contributed by atoms with Crippen molar-refractivity contribution in [3.63, 3.8) is 0 Å². The Balaban J connectivity index is 2.65. The van der Waals surface area contributed by atoms with Gasteiger partial charge in [0, 0.05) is 6.54 Å². The van der Waals surface area contributed by atoms with Crippen molar-refractivity contribution < 1.29 is 4.39 Å². The summed E-state index contributed by atoms with van der Waals surface area (Å²) in [7, 11) is 0. The summed E-state index contributed by atoms with van der Waals surface area (Å²) < 4.78 is 14.4. The molecular formula is C14H14ClFN2O2. The fraction of sp³-hybridized carbons (Fsp3) is 0.286. The van der Waals surface area contributed by atoms with Crippen LogP contribution in [0.15, 0.2) is 33.9 Å². The van der Waals surface area contributed by atoms with Gasteiger partial charge in [-0.3, -0.25) is 14.3 Å². The molecule has 1 aromatic carbocycles. The van der Waals surface area contributed by atoms with Crippen LogP contribution < -0.4 is 11.2 Å². The van der Waals surface area contributed by atoms with E-state index in [9.17, 15) is 14.0 Å². The van der Waals surface area contributed by atoms with Crippen LogP contribution in [-0.4, -0.2) is 9.55 Å². The Labute approximate surface area is 119 Å². The maximum atomic E-state index is 13.3. The number of rotatable bonds is 4. The lowest BCUT2D eigenvalue weighted by atomic mass is 10.1. The van der Waals surface area contributed by atoms with E-state index in [2.05, 4.69) is 4.98 Å². The third-order valence-electron chi connectivity index (χ3n) is 2.99. The normalized spacial score (nSPS) is 10.8. The Hall–Kier alpha value is -1.88. The second kappa shape index (κ2) is 6.05. The number of halogens is 2. The van der Waals surface area contributed by atoms with Crippen molar-refractivity contribution in [1.82, 2.24) is 9.55 Å². The molecule has 0 radical (unpaired) electrons. The molecule has 2 rings (SSSR count). The fourth-order valence-corrected chi connectivity index (χ4v) is 2.23. The molecule has 4 nitrogen and oxygen atoms in total. The summed E-state index contributed by atoms with van der Waals surface area (Å²) in [6, 6.07) is 5.56. The van der Waals surface area contributed by atoms with Gasteiger partial charge in [-0.2, -0.15) is 0 Å². The van der Waals surface area contributed by atoms with Gasteiger partial charge < -0.3 is 0 Å². The van der Waals surface area contributed by atoms with Crippen molar-refractivity contribution in [2.45, 2.75) is 26.3 Å². The van der Waals surface area contributed by atoms with Gasteiger partial charge in [0.2, 0.25) is 0 Å². The fourth-order valence-electron chi connectivity index (χ4n) is 1.96. The van der Waals surface area contributed by atoms with Crippen LogP contribution in [0.2, 0.25) is 5.15 Å². The molecule has 0 aliphatic rings. The van der Waals surface area contributed by atoms with E-state index in [0.29, 0.717) is 18.5 Å². The van der Waals surface area contributed by atoms with Crippen LogP contribution in [0.1, 0.15) is 19.8 Å². The second-order valence-electron chi connectivity index (χ2n) is 4.44. The number of hydrogen-bond donors (Lipinski definition) is 1. The first kappa shape index (κ1) is 14.5. The molecule has 0 atom stereocenters. The van der Waals surface area contributed by atoms with E-state index in [1.54, 1.807) is 6.07 Å². The average molecular weight is 297 g/mol. The largest absolute Gasteiger partial charge is 0.329 e. The van der Waals surface area contributed by atoms with E-state index in [1.165, 1.54) is 18.2 Å². The number of aromatic amines is 1. The highest BCUT2D eigenvalue weighted by atomic mass is 35.5. The van der Waals surface area contributed by atoms with Crippen LogP contribution in [0, 0.1) is 5.82 Å². The molecule has 0 saturated heterocycles. The molecule has 106 valence electrons. The average Bonchev–Trinajstić information content (AvgIpc) is 2.38. The maximum Gasteiger partial charge on any atom is 0.329 e. The Morgan fingerprint density at radius 2 is 2.10 bits per heavy atom. The van der Waals surface area contributed by atoms with Crippen molar-refractivity contribution in [1.29, 1.82) is 0 Å². The second-order valence-corrected chi connectivity index (χ2v) is 4.82. The van der Waals surface area contributed by atoms with E-state index < -0.39 is 17.1 Å². The zero-order valence-corrected chi connectivity index (χ0v) is 11.7. The molecule has 2 aromatic rings. The van der Waals surface area contributed by atoms with Crippen molar-refractivity contribution in [2.24, 2.45) is 0 Å². The molecule has 6 heteroatoms. The molecule has 0 saturated carbocycles. The summed E-state index contributed by atoms with van der Waals surface area (Å²) in [5.41, 5.74) is -0.588. The molecular weight excluding hydrogens is 283 g/mol. The van der Waals surface area contributed by atoms with E-state index in [4.69, 9.17) is 11.6 Å². The van der Waals surface area contributed by atoms with Gasteiger partial charge in [0.1, 0.15) is 11.0 Å². The lowest BCUT2D eigenvalue weighted by molar-refractivity contribution is 0.584. The topological polar surface area (TPSA) is 54.9 Å². The highest BCUT2D eigenvalue weighted by molar-refractivity contribution is 6.32. The standard InChI is InChI=1S/C14H14ClFN2O2/c1-2-3-7-18-13(19)11(12(15)17-14(18)20)9-5-4-6-10(16)8-9/h4-6,8H,2-3,7H2,1H3,(H,17,20). The highest BCUT2D eigenvalue weighted by Crippen LogP contribution is 2.22. The zero-order valence-electron chi connectivity index (χ0n) is 11.0. The van der Waals surface area contributed by atoms with Crippen molar-refractivity contribution in [3.8, 4) is 11.1 Å². The van der Waals surface area contributed by atoms with Crippen LogP contribution in [-0.2, 0) is 6.54 Å². The molecule has 1 heterocycles. The summed E-state index contributed by atoms with van der Waals surface area (Å²) in [6.07, 6.45) is 1.55. The lowest BCUT2D eigenvalue weighted by Crippen LogP contribution is -2.36. The molecule has 0 aliphatic carbocycles. The van der Waals surface area contributed by atoms with Crippen LogP contribution in [0.3, 0.4) is 0 Å². The molecule has 1 N–H and O–H groups in total. The van der Waals surface area contributed by atoms with Gasteiger partial charge in [0.05, 0.1) is 5.56 Å². The summed E-state index contributed by atoms with van der Waals surface area (Å²) in [5, 5.41) is -0.0710. The number of nitrogens with zero attached hydrogens (tertiary/aromatic N) is 1. The number of unbranched alkanes of at least 4 members (excludes halogenated alkanes) is 1. The smallest absolute Gasteiger partial charge is 0.297 e. The van der Waals surface area contributed by atoms with Gasteiger partial charge >= 0.3 is 5.69 Å². The summed E-state index contributed by atoms with van der Waals surface area (Å²) in [5.74, 6) is -0.468. The molecule has 1 aromatic heterocycles. The third kappa shape index (κ3) is 2.82. The molecule has 0 fully saturated rings. The summed E-state index contributed by atoms with van der Waals surface area (Å²) in [4.78, 5) is 26.6. The number of aromatic nitrogens is 2. The first-order chi connectivity index (χ1) is 9.54. The van der Waals surface area contributed by atoms with Gasteiger partial charge in [0.25, 0.3) is 5.56 Å². The Morgan fingerprint density at radius 1 is 1.35 bits per heavy atom. The molecule has 20 heavy (non-hydrogen) atoms. The highest BCUT2D eigenvalue weighted by Gasteiger charge is 2.14. The van der Waals surface area contributed by atoms with Crippen molar-refractivity contribution in [3.05, 3.63) is 56.1 Å². The number of hydrogen-bond acceptors (Lipinski definition) is 2. The van der Waals surface area contributed by atoms with Gasteiger partial charge in [-0.1, -0.05) is 37.1 Å². The Kier molecular flexibility index (Phi) is 4.39. The predicted molar refractivity (Wildman–Crippen MR) is 76.6 cm³/mol. The van der Waals surface area contributed by atoms with Gasteiger partial charge in [0.15, 0.2) is 0 Å². The summed E-state index contributed by atoms with van der Waals surface area (Å²) >= 11 is 5.94. The Morgan fingerprint density at radius 3 is 2.75 bits per heavy atom. The first-order valence-corrected chi connectivity index (χ1v) is 6.71. The molecule has 0 amide bonds. The number of benzene rings is 1. The van der Waals surface area contributed by atoms with Crippen LogP contribution in [0.5, 0.6) is 0 Å². The predicted octanol–water partition coefficient (Wildman–Crippen LogP) is 2.80. The van der Waals surface area contributed by atoms with Gasteiger partial charge in [-0.05, 0) is 24.1 Å². The number of H-pyrrole nitrogens is 1. The van der Waals surface area contributed by atoms with E-state index in [0.717, 1.165) is 11.0 Å². The lowest BCUT2D eigenvalue weighted by Gasteiger charge is -2.08. The molecule has 0 aliphatic heterocycles. The first-order valence-electron chi connectivity index (χ1n) is 6.33. The molecule has 0 bridgehead atoms. The van der Waals surface area contributed by atoms with Gasteiger partial charge in [-0.15, -0.1) is 0 Å². The minimum absolute atomic E-state index is 0.0710. The van der Waals surface area contributed by atoms with Crippen LogP contribution in [0.4, 0.5) is 4.39 Å². The molecule has 0 unspecified atom stereocenters. The Bertz CT molecular complexity index is 737. The third-order valence-corrected chi connectivity index (χ3v) is 3.27. The minimum atomic E-state index is -0.548. The van der Waals surface area contributed by atoms with E-state index in [1.807, 2.05) is 6.92 Å². The van der Waals surface area contributed by atoms with Gasteiger partial charge in [-0.25, -0.2) is 9.18 Å². The monoisotopic (exact) mass is 296 g/mol. The van der Waals surface area contributed by atoms with Crippen molar-refractivity contribution >= 4 is 11.6 Å². The number of nitrogens with one attached hydrogen (secondary N) is 1. The van der Waals surface area contributed by atoms with Crippen molar-refractivity contribution in [2.75, 3.05) is 0 Å². The quantitative estimate of drug-likeness (QED) is 0.882. The SMILES string of the molecule is CCCCn1c(=O)[nH]c(Cl)c(-c2cccc(F)c2)c1=O. The minimum Gasteiger partial charge on any atom is -0.297 e. The summed E-state index contributed by atoms with van der Waals surface area (Å²) in [6.45, 7) is 2.27. The van der Waals surface area contributed by atoms with E-state index in [-0.39, 0.29) is 10.7 Å². The molecule has 0 spiro atoms. The maximum absolute atomic E-state index is 13.3. The van der Waals surface area contributed by atoms with E-state index >= 15 is 0 Å².